The van der Waals surface area contributed by atoms with Crippen LogP contribution in [0.3, 0.4) is 0 Å². The summed E-state index contributed by atoms with van der Waals surface area (Å²) in [5.74, 6) is -0.0427. The van der Waals surface area contributed by atoms with Crippen LogP contribution in [0, 0.1) is 0 Å². The molecule has 0 spiro atoms. The van der Waals surface area contributed by atoms with Gasteiger partial charge in [-0.25, -0.2) is 0 Å². The molecular formula is C22H32N2O2. The molecule has 0 fully saturated rings. The highest BCUT2D eigenvalue weighted by molar-refractivity contribution is 5.95. The van der Waals surface area contributed by atoms with Gasteiger partial charge in [0.25, 0.3) is 5.91 Å². The van der Waals surface area contributed by atoms with Crippen LogP contribution in [0.15, 0.2) is 29.8 Å². The molecule has 1 aliphatic heterocycles. The highest BCUT2D eigenvalue weighted by atomic mass is 16.3. The zero-order chi connectivity index (χ0) is 18.4. The maximum Gasteiger partial charge on any atom is 0.251 e. The van der Waals surface area contributed by atoms with Gasteiger partial charge in [0.05, 0.1) is 6.10 Å². The van der Waals surface area contributed by atoms with Crippen molar-refractivity contribution in [2.75, 3.05) is 25.0 Å². The van der Waals surface area contributed by atoms with Gasteiger partial charge in [-0.3, -0.25) is 4.79 Å². The van der Waals surface area contributed by atoms with Gasteiger partial charge in [0.1, 0.15) is 0 Å². The lowest BCUT2D eigenvalue weighted by Gasteiger charge is -2.24. The van der Waals surface area contributed by atoms with Gasteiger partial charge in [-0.2, -0.15) is 0 Å². The minimum atomic E-state index is -0.495. The van der Waals surface area contributed by atoms with Gasteiger partial charge in [-0.15, -0.1) is 0 Å². The number of aliphatic hydroxyl groups is 1. The number of allylic oxidation sites excluding steroid dienone is 1. The maximum absolute atomic E-state index is 12.6. The van der Waals surface area contributed by atoms with Crippen molar-refractivity contribution < 1.29 is 9.90 Å². The topological polar surface area (TPSA) is 52.6 Å². The van der Waals surface area contributed by atoms with E-state index in [-0.39, 0.29) is 5.91 Å². The summed E-state index contributed by atoms with van der Waals surface area (Å²) in [4.78, 5) is 14.8. The van der Waals surface area contributed by atoms with E-state index in [9.17, 15) is 9.90 Å². The summed E-state index contributed by atoms with van der Waals surface area (Å²) in [5.41, 5.74) is 4.05. The minimum absolute atomic E-state index is 0.0427. The largest absolute Gasteiger partial charge is 0.388 e. The molecule has 0 bridgehead atoms. The fourth-order valence-electron chi connectivity index (χ4n) is 4.02. The van der Waals surface area contributed by atoms with Crippen LogP contribution in [0.2, 0.25) is 0 Å². The summed E-state index contributed by atoms with van der Waals surface area (Å²) in [5, 5.41) is 13.6. The Labute approximate surface area is 157 Å². The van der Waals surface area contributed by atoms with Crippen LogP contribution >= 0.6 is 0 Å². The molecule has 0 saturated carbocycles. The Morgan fingerprint density at radius 1 is 1.23 bits per heavy atom. The third-order valence-electron chi connectivity index (χ3n) is 5.65. The van der Waals surface area contributed by atoms with Gasteiger partial charge in [0.15, 0.2) is 0 Å². The van der Waals surface area contributed by atoms with E-state index >= 15 is 0 Å². The normalized spacial score (nSPS) is 21.1. The van der Waals surface area contributed by atoms with E-state index in [1.54, 1.807) is 0 Å². The Kier molecular flexibility index (Phi) is 6.73. The third-order valence-corrected chi connectivity index (χ3v) is 5.65. The molecule has 1 unspecified atom stereocenters. The van der Waals surface area contributed by atoms with Crippen LogP contribution in [0.5, 0.6) is 0 Å². The minimum Gasteiger partial charge on any atom is -0.388 e. The van der Waals surface area contributed by atoms with Crippen molar-refractivity contribution in [2.45, 2.75) is 63.9 Å². The van der Waals surface area contributed by atoms with E-state index in [1.807, 2.05) is 18.2 Å². The summed E-state index contributed by atoms with van der Waals surface area (Å²) < 4.78 is 0. The molecule has 1 aliphatic carbocycles. The average molecular weight is 357 g/mol. The number of hydrogen-bond acceptors (Lipinski definition) is 3. The van der Waals surface area contributed by atoms with Crippen molar-refractivity contribution in [2.24, 2.45) is 0 Å². The molecule has 1 atom stereocenters. The van der Waals surface area contributed by atoms with Gasteiger partial charge in [-0.1, -0.05) is 24.5 Å². The summed E-state index contributed by atoms with van der Waals surface area (Å²) in [6.45, 7) is 1.67. The molecular weight excluding hydrogens is 324 g/mol. The van der Waals surface area contributed by atoms with Crippen LogP contribution in [0.25, 0.3) is 0 Å². The number of carbonyl (C=O) groups is 1. The van der Waals surface area contributed by atoms with Crippen LogP contribution in [0.4, 0.5) is 5.69 Å². The molecule has 0 saturated heterocycles. The SMILES string of the molecule is CN1CCCCCC(O)c2cc(C(=O)NCCC3=CCCCC3)ccc21. The molecule has 2 aliphatic rings. The highest BCUT2D eigenvalue weighted by Crippen LogP contribution is 2.32. The highest BCUT2D eigenvalue weighted by Gasteiger charge is 2.19. The molecule has 26 heavy (non-hydrogen) atoms. The van der Waals surface area contributed by atoms with Crippen LogP contribution in [-0.4, -0.2) is 31.2 Å². The van der Waals surface area contributed by atoms with Crippen molar-refractivity contribution in [3.05, 3.63) is 41.0 Å². The molecule has 1 amide bonds. The number of hydrogen-bond donors (Lipinski definition) is 2. The number of nitrogens with zero attached hydrogens (tertiary/aromatic N) is 1. The molecule has 1 aromatic rings. The molecule has 0 radical (unpaired) electrons. The van der Waals surface area contributed by atoms with Crippen LogP contribution in [0.1, 0.15) is 79.8 Å². The lowest BCUT2D eigenvalue weighted by atomic mass is 9.97. The molecule has 1 aromatic carbocycles. The first kappa shape index (κ1) is 19.0. The molecule has 1 heterocycles. The zero-order valence-electron chi connectivity index (χ0n) is 16.0. The van der Waals surface area contributed by atoms with Crippen LogP contribution in [-0.2, 0) is 0 Å². The summed E-state index contributed by atoms with van der Waals surface area (Å²) in [7, 11) is 2.06. The molecule has 4 heteroatoms. The van der Waals surface area contributed by atoms with E-state index in [0.717, 1.165) is 49.9 Å². The smallest absolute Gasteiger partial charge is 0.251 e. The Hall–Kier alpha value is -1.81. The second kappa shape index (κ2) is 9.22. The summed E-state index contributed by atoms with van der Waals surface area (Å²) >= 11 is 0. The predicted octanol–water partition coefficient (Wildman–Crippen LogP) is 4.35. The first-order chi connectivity index (χ1) is 12.6. The summed E-state index contributed by atoms with van der Waals surface area (Å²) in [6, 6.07) is 5.76. The maximum atomic E-state index is 12.6. The van der Waals surface area contributed by atoms with E-state index < -0.39 is 6.10 Å². The lowest BCUT2D eigenvalue weighted by molar-refractivity contribution is 0.0953. The number of carbonyl (C=O) groups excluding carboxylic acids is 1. The number of aliphatic hydroxyl groups excluding tert-OH is 1. The van der Waals surface area contributed by atoms with Gasteiger partial charge < -0.3 is 15.3 Å². The molecule has 2 N–H and O–H groups in total. The zero-order valence-corrected chi connectivity index (χ0v) is 16.0. The quantitative estimate of drug-likeness (QED) is 0.789. The van der Waals surface area contributed by atoms with Crippen molar-refractivity contribution in [1.29, 1.82) is 0 Å². The number of rotatable bonds is 4. The number of fused-ring (bicyclic) bond motifs is 1. The molecule has 142 valence electrons. The van der Waals surface area contributed by atoms with Gasteiger partial charge in [-0.05, 0) is 63.1 Å². The van der Waals surface area contributed by atoms with E-state index in [4.69, 9.17) is 0 Å². The van der Waals surface area contributed by atoms with Crippen molar-refractivity contribution in [1.82, 2.24) is 5.32 Å². The van der Waals surface area contributed by atoms with Gasteiger partial charge in [0, 0.05) is 37.0 Å². The molecule has 4 nitrogen and oxygen atoms in total. The third kappa shape index (κ3) is 4.88. The number of amides is 1. The first-order valence-electron chi connectivity index (χ1n) is 10.1. The van der Waals surface area contributed by atoms with E-state index in [0.29, 0.717) is 12.1 Å². The average Bonchev–Trinajstić information content (AvgIpc) is 2.73. The van der Waals surface area contributed by atoms with Crippen LogP contribution < -0.4 is 10.2 Å². The molecule has 0 aromatic heterocycles. The standard InChI is InChI=1S/C22H32N2O2/c1-24-15-7-3-6-10-21(25)19-16-18(11-12-20(19)24)22(26)23-14-13-17-8-4-2-5-9-17/h8,11-12,16,21,25H,2-7,9-10,13-15H2,1H3,(H,23,26). The summed E-state index contributed by atoms with van der Waals surface area (Å²) in [6.07, 6.45) is 11.8. The van der Waals surface area contributed by atoms with Crippen molar-refractivity contribution in [3.63, 3.8) is 0 Å². The van der Waals surface area contributed by atoms with Gasteiger partial charge >= 0.3 is 0 Å². The Morgan fingerprint density at radius 2 is 2.12 bits per heavy atom. The fourth-order valence-corrected chi connectivity index (χ4v) is 4.02. The van der Waals surface area contributed by atoms with E-state index in [2.05, 4.69) is 23.3 Å². The van der Waals surface area contributed by atoms with Crippen molar-refractivity contribution in [3.8, 4) is 0 Å². The Bertz CT molecular complexity index is 654. The number of anilines is 1. The molecule has 3 rings (SSSR count). The predicted molar refractivity (Wildman–Crippen MR) is 107 cm³/mol. The van der Waals surface area contributed by atoms with Crippen molar-refractivity contribution >= 4 is 11.6 Å². The second-order valence-electron chi connectivity index (χ2n) is 7.67. The number of benzene rings is 1. The second-order valence-corrected chi connectivity index (χ2v) is 7.67. The van der Waals surface area contributed by atoms with E-state index in [1.165, 1.54) is 31.3 Å². The van der Waals surface area contributed by atoms with Gasteiger partial charge in [0.2, 0.25) is 0 Å². The Morgan fingerprint density at radius 3 is 2.92 bits per heavy atom. The monoisotopic (exact) mass is 356 g/mol. The lowest BCUT2D eigenvalue weighted by Crippen LogP contribution is -2.26. The fraction of sp³-hybridized carbons (Fsp3) is 0.591. The Balaban J connectivity index is 1.66. The first-order valence-corrected chi connectivity index (χ1v) is 10.1. The number of nitrogens with one attached hydrogen (secondary N) is 1.